The maximum absolute atomic E-state index is 8.99. The molecule has 0 aliphatic heterocycles. The minimum Gasteiger partial charge on any atom is -0.392 e. The fourth-order valence-corrected chi connectivity index (χ4v) is 6.68. The highest BCUT2D eigenvalue weighted by Gasteiger charge is 1.98. The van der Waals surface area contributed by atoms with E-state index in [1.165, 1.54) is 119 Å². The first-order chi connectivity index (χ1) is 26.7. The molecular formula is C55H90O. The maximum atomic E-state index is 8.99. The van der Waals surface area contributed by atoms with E-state index >= 15 is 0 Å². The monoisotopic (exact) mass is 767 g/mol. The highest BCUT2D eigenvalue weighted by atomic mass is 16.2. The Morgan fingerprint density at radius 2 is 0.375 bits per heavy atom. The van der Waals surface area contributed by atoms with Crippen molar-refractivity contribution < 1.29 is 5.11 Å². The molecule has 0 saturated heterocycles. The Morgan fingerprint density at radius 3 is 0.518 bits per heavy atom. The fourth-order valence-electron chi connectivity index (χ4n) is 6.68. The van der Waals surface area contributed by atoms with Crippen LogP contribution in [0.4, 0.5) is 0 Å². The summed E-state index contributed by atoms with van der Waals surface area (Å²) in [4.78, 5) is 0. The minimum atomic E-state index is 0.149. The second-order valence-electron chi connectivity index (χ2n) is 17.4. The summed E-state index contributed by atoms with van der Waals surface area (Å²) in [6, 6.07) is 0. The molecule has 0 bridgehead atoms. The zero-order valence-electron chi connectivity index (χ0n) is 39.1. The highest BCUT2D eigenvalue weighted by molar-refractivity contribution is 5.11. The lowest BCUT2D eigenvalue weighted by molar-refractivity contribution is 0.341. The van der Waals surface area contributed by atoms with Gasteiger partial charge in [-0.3, -0.25) is 0 Å². The topological polar surface area (TPSA) is 20.2 Å². The molecule has 0 aromatic rings. The molecule has 0 aliphatic rings. The summed E-state index contributed by atoms with van der Waals surface area (Å²) < 4.78 is 0. The smallest absolute Gasteiger partial charge is 0.0614 e. The number of allylic oxidation sites excluding steroid dienone is 21. The van der Waals surface area contributed by atoms with Gasteiger partial charge in [0.2, 0.25) is 0 Å². The van der Waals surface area contributed by atoms with Crippen molar-refractivity contribution in [3.05, 3.63) is 128 Å². The van der Waals surface area contributed by atoms with Crippen LogP contribution in [0.15, 0.2) is 128 Å². The average molecular weight is 767 g/mol. The lowest BCUT2D eigenvalue weighted by Crippen LogP contribution is -1.84. The van der Waals surface area contributed by atoms with Crippen LogP contribution in [0.3, 0.4) is 0 Å². The van der Waals surface area contributed by atoms with Gasteiger partial charge in [-0.05, 0) is 212 Å². The summed E-state index contributed by atoms with van der Waals surface area (Å²) in [6.45, 7) is 27.2. The van der Waals surface area contributed by atoms with E-state index in [1.807, 2.05) is 6.08 Å². The largest absolute Gasteiger partial charge is 0.392 e. The number of hydrogen-bond donors (Lipinski definition) is 1. The van der Waals surface area contributed by atoms with Crippen LogP contribution in [-0.4, -0.2) is 11.7 Å². The highest BCUT2D eigenvalue weighted by Crippen LogP contribution is 2.18. The molecule has 0 fully saturated rings. The quantitative estimate of drug-likeness (QED) is 0.0697. The Labute approximate surface area is 350 Å². The molecule has 0 spiro atoms. The van der Waals surface area contributed by atoms with Crippen LogP contribution in [0.5, 0.6) is 0 Å². The van der Waals surface area contributed by atoms with Crippen LogP contribution in [0, 0.1) is 0 Å². The minimum absolute atomic E-state index is 0.149. The third-order valence-corrected chi connectivity index (χ3v) is 10.8. The van der Waals surface area contributed by atoms with Crippen molar-refractivity contribution in [1.29, 1.82) is 0 Å². The second-order valence-corrected chi connectivity index (χ2v) is 17.4. The van der Waals surface area contributed by atoms with Crippen LogP contribution >= 0.6 is 0 Å². The Bertz CT molecular complexity index is 1410. The first-order valence-corrected chi connectivity index (χ1v) is 22.5. The van der Waals surface area contributed by atoms with Gasteiger partial charge in [0, 0.05) is 0 Å². The normalized spacial score (nSPS) is 14.9. The predicted octanol–water partition coefficient (Wildman–Crippen LogP) is 18.2. The molecule has 0 atom stereocenters. The van der Waals surface area contributed by atoms with Gasteiger partial charge in [0.15, 0.2) is 0 Å². The van der Waals surface area contributed by atoms with Gasteiger partial charge >= 0.3 is 0 Å². The summed E-state index contributed by atoms with van der Waals surface area (Å²) in [7, 11) is 0. The van der Waals surface area contributed by atoms with Crippen molar-refractivity contribution in [2.75, 3.05) is 6.61 Å². The Hall–Kier alpha value is -2.90. The molecule has 0 unspecified atom stereocenters. The van der Waals surface area contributed by atoms with Crippen LogP contribution in [0.1, 0.15) is 212 Å². The van der Waals surface area contributed by atoms with Gasteiger partial charge in [-0.25, -0.2) is 0 Å². The molecule has 0 heterocycles. The molecular weight excluding hydrogens is 677 g/mol. The molecule has 1 N–H and O–H groups in total. The number of aliphatic hydroxyl groups excluding tert-OH is 1. The second kappa shape index (κ2) is 35.3. The van der Waals surface area contributed by atoms with Gasteiger partial charge in [-0.1, -0.05) is 128 Å². The van der Waals surface area contributed by atoms with Gasteiger partial charge in [0.05, 0.1) is 6.61 Å². The molecule has 0 aliphatic carbocycles. The first kappa shape index (κ1) is 53.1. The van der Waals surface area contributed by atoms with E-state index in [1.54, 1.807) is 0 Å². The summed E-state index contributed by atoms with van der Waals surface area (Å²) >= 11 is 0. The van der Waals surface area contributed by atoms with Crippen molar-refractivity contribution in [3.63, 3.8) is 0 Å². The van der Waals surface area contributed by atoms with Crippen molar-refractivity contribution >= 4 is 0 Å². The van der Waals surface area contributed by atoms with E-state index in [9.17, 15) is 0 Å². The van der Waals surface area contributed by atoms with Crippen LogP contribution in [0.25, 0.3) is 0 Å². The fraction of sp³-hybridized carbons (Fsp3) is 0.600. The van der Waals surface area contributed by atoms with Crippen LogP contribution in [-0.2, 0) is 0 Å². The van der Waals surface area contributed by atoms with E-state index in [-0.39, 0.29) is 6.61 Å². The molecule has 0 aromatic heterocycles. The third kappa shape index (κ3) is 35.5. The van der Waals surface area contributed by atoms with Crippen molar-refractivity contribution in [3.8, 4) is 0 Å². The van der Waals surface area contributed by atoms with Crippen molar-refractivity contribution in [1.82, 2.24) is 0 Å². The first-order valence-electron chi connectivity index (χ1n) is 22.5. The molecule has 1 nitrogen and oxygen atoms in total. The van der Waals surface area contributed by atoms with Gasteiger partial charge < -0.3 is 5.11 Å². The van der Waals surface area contributed by atoms with E-state index in [0.717, 1.165) is 70.6 Å². The molecule has 1 heteroatoms. The van der Waals surface area contributed by atoms with E-state index in [2.05, 4.69) is 144 Å². The van der Waals surface area contributed by atoms with Crippen LogP contribution < -0.4 is 0 Å². The molecule has 0 amide bonds. The summed E-state index contributed by atoms with van der Waals surface area (Å²) in [5, 5.41) is 8.99. The SMILES string of the molecule is CC(C)=CCC/C(C)=C/CC/C(C)=C/CC/C(C)=C/CC/C(C)=C\CC/C(C)=C\CC/C(C)=C\CC/C(C)=C\CC/C(C)=C\CC/C(C)=C\CC/C(C)=C\CO. The molecule has 0 radical (unpaired) electrons. The zero-order valence-corrected chi connectivity index (χ0v) is 39.1. The van der Waals surface area contributed by atoms with Gasteiger partial charge in [0.25, 0.3) is 0 Å². The summed E-state index contributed by atoms with van der Waals surface area (Å²) in [6.07, 6.45) is 49.3. The van der Waals surface area contributed by atoms with Crippen LogP contribution in [0.2, 0.25) is 0 Å². The van der Waals surface area contributed by atoms with E-state index in [0.29, 0.717) is 0 Å². The number of rotatable bonds is 31. The Balaban J connectivity index is 4.26. The average Bonchev–Trinajstić information content (AvgIpc) is 3.11. The molecule has 0 aromatic carbocycles. The van der Waals surface area contributed by atoms with Gasteiger partial charge in [0.1, 0.15) is 0 Å². The molecule has 316 valence electrons. The molecule has 56 heavy (non-hydrogen) atoms. The Kier molecular flexibility index (Phi) is 33.5. The van der Waals surface area contributed by atoms with E-state index in [4.69, 9.17) is 5.11 Å². The van der Waals surface area contributed by atoms with Gasteiger partial charge in [-0.15, -0.1) is 0 Å². The maximum Gasteiger partial charge on any atom is 0.0614 e. The molecule has 0 saturated carbocycles. The third-order valence-electron chi connectivity index (χ3n) is 10.8. The zero-order chi connectivity index (χ0) is 42.0. The lowest BCUT2D eigenvalue weighted by atomic mass is 10.0. The molecule has 0 rings (SSSR count). The standard InChI is InChI=1S/C55H90O/c1-45(2)23-13-24-46(3)25-14-26-47(4)27-15-28-48(5)29-16-30-49(6)31-17-32-50(7)33-18-34-51(8)35-19-36-52(9)37-20-38-53(10)39-21-40-54(11)41-22-42-55(12)43-44-56/h23,25,27,29,31,33,35,37,39,41,43,56H,13-22,24,26,28,30,32,34,36,38,40,42,44H2,1-12H3/b46-25+,47-27+,48-29+,49-31-,50-33-,51-35-,52-37-,53-39-,54-41-,55-43-. The van der Waals surface area contributed by atoms with Crippen molar-refractivity contribution in [2.45, 2.75) is 212 Å². The number of hydrogen-bond acceptors (Lipinski definition) is 1. The van der Waals surface area contributed by atoms with Crippen molar-refractivity contribution in [2.24, 2.45) is 0 Å². The van der Waals surface area contributed by atoms with E-state index < -0.39 is 0 Å². The predicted molar refractivity (Wildman–Crippen MR) is 256 cm³/mol. The Morgan fingerprint density at radius 1 is 0.232 bits per heavy atom. The number of aliphatic hydroxyl groups is 1. The lowest BCUT2D eigenvalue weighted by Gasteiger charge is -2.04. The van der Waals surface area contributed by atoms with Gasteiger partial charge in [-0.2, -0.15) is 0 Å². The summed E-state index contributed by atoms with van der Waals surface area (Å²) in [5.41, 5.74) is 16.4. The summed E-state index contributed by atoms with van der Waals surface area (Å²) in [5.74, 6) is 0.